The van der Waals surface area contributed by atoms with E-state index < -0.39 is 13.7 Å². The largest absolute Gasteiger partial charge is 0.416 e. The lowest BCUT2D eigenvalue weighted by Crippen LogP contribution is -2.46. The highest BCUT2D eigenvalue weighted by Gasteiger charge is 2.44. The van der Waals surface area contributed by atoms with Gasteiger partial charge in [0.2, 0.25) is 5.95 Å². The molecule has 0 unspecified atom stereocenters. The summed E-state index contributed by atoms with van der Waals surface area (Å²) in [6.45, 7) is 16.0. The van der Waals surface area contributed by atoms with Crippen molar-refractivity contribution in [2.45, 2.75) is 58.2 Å². The van der Waals surface area contributed by atoms with E-state index in [2.05, 4.69) is 67.5 Å². The van der Waals surface area contributed by atoms with Crippen molar-refractivity contribution in [3.8, 4) is 17.3 Å². The van der Waals surface area contributed by atoms with Crippen LogP contribution in [-0.4, -0.2) is 63.0 Å². The van der Waals surface area contributed by atoms with Crippen LogP contribution in [0.1, 0.15) is 54.9 Å². The van der Waals surface area contributed by atoms with Crippen LogP contribution in [0.3, 0.4) is 0 Å². The van der Waals surface area contributed by atoms with Crippen molar-refractivity contribution in [2.24, 2.45) is 0 Å². The van der Waals surface area contributed by atoms with Crippen LogP contribution in [-0.2, 0) is 14.6 Å². The number of aryl methyl sites for hydroxylation is 1. The quantitative estimate of drug-likeness (QED) is 0.271. The highest BCUT2D eigenvalue weighted by molar-refractivity contribution is 6.74. The number of rotatable bonds is 9. The van der Waals surface area contributed by atoms with Gasteiger partial charge in [-0.2, -0.15) is 5.26 Å². The summed E-state index contributed by atoms with van der Waals surface area (Å²) in [7, 11) is 0.977. The molecule has 1 aromatic carbocycles. The molecule has 3 heterocycles. The van der Waals surface area contributed by atoms with Crippen LogP contribution in [0.5, 0.6) is 0 Å². The first kappa shape index (κ1) is 30.9. The zero-order valence-corrected chi connectivity index (χ0v) is 26.5. The summed E-state index contributed by atoms with van der Waals surface area (Å²) < 4.78 is 6.67. The number of aromatic nitrogens is 3. The van der Waals surface area contributed by atoms with Crippen molar-refractivity contribution >= 4 is 45.1 Å². The van der Waals surface area contributed by atoms with Crippen molar-refractivity contribution in [2.75, 3.05) is 30.3 Å². The van der Waals surface area contributed by atoms with E-state index in [-0.39, 0.29) is 10.9 Å². The number of nitriles is 1. The molecule has 4 rings (SSSR count). The molecule has 3 aromatic rings. The number of hydrogen-bond donors (Lipinski definition) is 2. The number of nitrogens with zero attached hydrogens (tertiary/aromatic N) is 5. The van der Waals surface area contributed by atoms with Crippen molar-refractivity contribution in [3.05, 3.63) is 59.0 Å². The van der Waals surface area contributed by atoms with E-state index in [1.165, 1.54) is 13.6 Å². The second-order valence-corrected chi connectivity index (χ2v) is 17.2. The lowest BCUT2D eigenvalue weighted by molar-refractivity contribution is 0.0962. The number of carbonyl (C=O) groups is 2. The predicted molar refractivity (Wildman–Crippen MR) is 168 cm³/mol. The molecule has 42 heavy (non-hydrogen) atoms. The highest BCUT2D eigenvalue weighted by atomic mass is 28.4. The van der Waals surface area contributed by atoms with Gasteiger partial charge in [-0.05, 0) is 54.9 Å². The minimum Gasteiger partial charge on any atom is -0.416 e. The molecule has 0 bridgehead atoms. The van der Waals surface area contributed by atoms with Gasteiger partial charge in [0, 0.05) is 49.3 Å². The summed E-state index contributed by atoms with van der Waals surface area (Å²) in [5, 5.41) is 16.0. The number of pyridine rings is 1. The molecular weight excluding hydrogens is 545 g/mol. The minimum atomic E-state index is -2.07. The summed E-state index contributed by atoms with van der Waals surface area (Å²) in [4.78, 5) is 38.9. The molecule has 0 aliphatic carbocycles. The molecule has 0 fully saturated rings. The van der Waals surface area contributed by atoms with Crippen molar-refractivity contribution in [1.82, 2.24) is 20.3 Å². The van der Waals surface area contributed by atoms with Gasteiger partial charge in [-0.1, -0.05) is 27.7 Å². The Morgan fingerprint density at radius 1 is 1.29 bits per heavy atom. The molecule has 1 radical (unpaired) electrons. The summed E-state index contributed by atoms with van der Waals surface area (Å²) >= 11 is 0. The number of benzene rings is 1. The predicted octanol–water partition coefficient (Wildman–Crippen LogP) is 4.73. The average molecular weight is 583 g/mol. The third-order valence-corrected chi connectivity index (χ3v) is 12.7. The number of fused-ring (bicyclic) bond motifs is 1. The van der Waals surface area contributed by atoms with Gasteiger partial charge in [-0.3, -0.25) is 9.78 Å². The lowest BCUT2D eigenvalue weighted by atomic mass is 9.83. The van der Waals surface area contributed by atoms with Gasteiger partial charge in [0.1, 0.15) is 12.3 Å². The third-order valence-electron chi connectivity index (χ3n) is 8.26. The molecule has 1 aliphatic rings. The van der Waals surface area contributed by atoms with E-state index in [1.54, 1.807) is 31.4 Å². The zero-order valence-electron chi connectivity index (χ0n) is 25.5. The fourth-order valence-electron chi connectivity index (χ4n) is 4.69. The van der Waals surface area contributed by atoms with Crippen LogP contribution in [0, 0.1) is 18.3 Å². The Kier molecular flexibility index (Phi) is 8.57. The van der Waals surface area contributed by atoms with Gasteiger partial charge < -0.3 is 24.7 Å². The average Bonchev–Trinajstić information content (AvgIpc) is 3.23. The van der Waals surface area contributed by atoms with Crippen LogP contribution < -0.4 is 15.4 Å². The molecule has 12 heteroatoms. The Labute approximate surface area is 249 Å². The van der Waals surface area contributed by atoms with Crippen molar-refractivity contribution in [1.29, 1.82) is 5.26 Å². The Hall–Kier alpha value is -4.08. The molecule has 1 aliphatic heterocycles. The van der Waals surface area contributed by atoms with Crippen LogP contribution in [0.25, 0.3) is 11.3 Å². The van der Waals surface area contributed by atoms with Gasteiger partial charge in [-0.15, -0.1) is 0 Å². The minimum absolute atomic E-state index is 0.0388. The van der Waals surface area contributed by atoms with Gasteiger partial charge in [0.15, 0.2) is 8.32 Å². The second kappa shape index (κ2) is 11.7. The first-order chi connectivity index (χ1) is 19.7. The van der Waals surface area contributed by atoms with E-state index in [0.29, 0.717) is 47.3 Å². The molecule has 217 valence electrons. The van der Waals surface area contributed by atoms with Crippen LogP contribution in [0.2, 0.25) is 18.1 Å². The summed E-state index contributed by atoms with van der Waals surface area (Å²) in [6, 6.07) is 9.64. The van der Waals surface area contributed by atoms with E-state index in [0.717, 1.165) is 23.0 Å². The SMILES string of the molecule is CNC(=O)c1cnc(C)c(Nc2nccc(-c3cc(C#N)c4c(c3)[C@@](C)(CO[Si](C)(C)C(C)(C)C)CN4[B]C=O)n2)c1. The fraction of sp³-hybridized carbons (Fsp3) is 0.400. The Bertz CT molecular complexity index is 1570. The molecule has 0 saturated heterocycles. The molecule has 0 spiro atoms. The second-order valence-electron chi connectivity index (χ2n) is 12.4. The molecule has 0 saturated carbocycles. The number of amides is 1. The summed E-state index contributed by atoms with van der Waals surface area (Å²) in [5.41, 5.74) is 4.69. The lowest BCUT2D eigenvalue weighted by Gasteiger charge is -2.39. The molecular formula is C30H37BN7O3Si. The maximum absolute atomic E-state index is 12.1. The van der Waals surface area contributed by atoms with Gasteiger partial charge in [0.25, 0.3) is 5.91 Å². The first-order valence-electron chi connectivity index (χ1n) is 13.8. The van der Waals surface area contributed by atoms with Crippen LogP contribution in [0.4, 0.5) is 17.3 Å². The first-order valence-corrected chi connectivity index (χ1v) is 16.7. The monoisotopic (exact) mass is 582 g/mol. The summed E-state index contributed by atoms with van der Waals surface area (Å²) in [6.07, 6.45) is 3.90. The Morgan fingerprint density at radius 3 is 2.67 bits per heavy atom. The number of anilines is 3. The zero-order chi connectivity index (χ0) is 30.9. The van der Waals surface area contributed by atoms with Gasteiger partial charge in [0.05, 0.1) is 28.2 Å². The van der Waals surface area contributed by atoms with Crippen LogP contribution >= 0.6 is 0 Å². The smallest absolute Gasteiger partial charge is 0.329 e. The van der Waals surface area contributed by atoms with E-state index in [4.69, 9.17) is 9.41 Å². The Balaban J connectivity index is 1.74. The fourth-order valence-corrected chi connectivity index (χ4v) is 5.80. The topological polar surface area (TPSA) is 133 Å². The number of carbonyl (C=O) groups excluding carboxylic acids is 2. The number of nitrogens with one attached hydrogen (secondary N) is 2. The maximum Gasteiger partial charge on any atom is 0.329 e. The molecule has 1 atom stereocenters. The van der Waals surface area contributed by atoms with Crippen molar-refractivity contribution < 1.29 is 14.0 Å². The van der Waals surface area contributed by atoms with Crippen LogP contribution in [0.15, 0.2) is 36.7 Å². The van der Waals surface area contributed by atoms with Crippen molar-refractivity contribution in [3.63, 3.8) is 0 Å². The molecule has 2 aromatic heterocycles. The third kappa shape index (κ3) is 6.07. The molecule has 10 nitrogen and oxygen atoms in total. The molecule has 1 amide bonds. The standard InChI is InChI=1S/C30H37BN7O3Si/c1-19-25(13-22(15-35-19)27(40)33-6)37-28-34-10-9-24(36-28)20-11-21(14-32)26-23(12-20)30(5,16-38(26)31-18-39)17-41-42(7,8)29(2,3)4/h9-13,15,18H,16-17H2,1-8H3,(H,33,40)(H,34,36,37)/t30-/m1/s1. The van der Waals surface area contributed by atoms with E-state index in [9.17, 15) is 14.9 Å². The van der Waals surface area contributed by atoms with E-state index >= 15 is 0 Å². The normalized spacial score (nSPS) is 16.4. The van der Waals surface area contributed by atoms with E-state index in [1.807, 2.05) is 17.8 Å². The Morgan fingerprint density at radius 2 is 2.02 bits per heavy atom. The van der Waals surface area contributed by atoms with Gasteiger partial charge in [-0.25, -0.2) is 9.97 Å². The van der Waals surface area contributed by atoms with Gasteiger partial charge >= 0.3 is 7.41 Å². The molecule has 2 N–H and O–H groups in total. The summed E-state index contributed by atoms with van der Waals surface area (Å²) in [5.74, 6) is 0.0780. The number of hydrogen-bond acceptors (Lipinski definition) is 9. The highest BCUT2D eigenvalue weighted by Crippen LogP contribution is 2.46. The maximum atomic E-state index is 12.1.